The zero-order valence-corrected chi connectivity index (χ0v) is 11.9. The highest BCUT2D eigenvalue weighted by Gasteiger charge is 2.24. The van der Waals surface area contributed by atoms with Crippen molar-refractivity contribution in [1.82, 2.24) is 0 Å². The van der Waals surface area contributed by atoms with E-state index in [2.05, 4.69) is 0 Å². The Morgan fingerprint density at radius 3 is 2.48 bits per heavy atom. The first kappa shape index (κ1) is 15.0. The summed E-state index contributed by atoms with van der Waals surface area (Å²) in [7, 11) is 0. The van der Waals surface area contributed by atoms with Gasteiger partial charge in [-0.15, -0.1) is 0 Å². The molecule has 0 aliphatic carbocycles. The number of ketones is 1. The van der Waals surface area contributed by atoms with E-state index >= 15 is 0 Å². The van der Waals surface area contributed by atoms with Crippen molar-refractivity contribution in [2.75, 3.05) is 0 Å². The van der Waals surface area contributed by atoms with Gasteiger partial charge in [0.25, 0.3) is 0 Å². The second-order valence-electron chi connectivity index (χ2n) is 4.34. The van der Waals surface area contributed by atoms with Crippen molar-refractivity contribution in [1.29, 1.82) is 0 Å². The number of nitrogens with zero attached hydrogens (tertiary/aromatic N) is 1. The van der Waals surface area contributed by atoms with Gasteiger partial charge in [0.2, 0.25) is 11.5 Å². The largest absolute Gasteiger partial charge is 0.474 e. The van der Waals surface area contributed by atoms with Crippen molar-refractivity contribution in [3.05, 3.63) is 69.2 Å². The summed E-state index contributed by atoms with van der Waals surface area (Å²) < 4.78 is 5.43. The van der Waals surface area contributed by atoms with E-state index in [4.69, 9.17) is 16.3 Å². The summed E-state index contributed by atoms with van der Waals surface area (Å²) in [6.45, 7) is 1.53. The van der Waals surface area contributed by atoms with Crippen molar-refractivity contribution >= 4 is 23.1 Å². The minimum absolute atomic E-state index is 0.0944. The quantitative estimate of drug-likeness (QED) is 0.477. The van der Waals surface area contributed by atoms with Crippen LogP contribution >= 0.6 is 11.6 Å². The molecule has 2 aromatic carbocycles. The maximum Gasteiger partial charge on any atom is 0.312 e. The first-order valence-corrected chi connectivity index (χ1v) is 6.57. The summed E-state index contributed by atoms with van der Waals surface area (Å²) in [6, 6.07) is 12.8. The molecule has 2 aromatic rings. The molecule has 1 atom stereocenters. The van der Waals surface area contributed by atoms with Crippen LogP contribution < -0.4 is 4.74 Å². The molecule has 0 fully saturated rings. The summed E-state index contributed by atoms with van der Waals surface area (Å²) in [5, 5.41) is 11.1. The number of carbonyl (C=O) groups is 1. The van der Waals surface area contributed by atoms with Crippen LogP contribution in [-0.4, -0.2) is 16.8 Å². The SMILES string of the molecule is CC(Oc1c(Cl)cccc1[N+](=O)[O-])C(=O)c1ccccc1. The number of carbonyl (C=O) groups excluding carboxylic acids is 1. The van der Waals surface area contributed by atoms with E-state index in [0.29, 0.717) is 5.56 Å². The molecule has 1 unspecified atom stereocenters. The highest BCUT2D eigenvalue weighted by molar-refractivity contribution is 6.32. The summed E-state index contributed by atoms with van der Waals surface area (Å²) in [4.78, 5) is 22.6. The molecule has 5 nitrogen and oxygen atoms in total. The molecule has 2 rings (SSSR count). The Labute approximate surface area is 126 Å². The highest BCUT2D eigenvalue weighted by Crippen LogP contribution is 2.35. The third-order valence-corrected chi connectivity index (χ3v) is 3.16. The molecule has 0 aliphatic heterocycles. The van der Waals surface area contributed by atoms with Crippen LogP contribution in [0.1, 0.15) is 17.3 Å². The highest BCUT2D eigenvalue weighted by atomic mass is 35.5. The number of benzene rings is 2. The van der Waals surface area contributed by atoms with Crippen LogP contribution in [0.4, 0.5) is 5.69 Å². The van der Waals surface area contributed by atoms with Crippen molar-refractivity contribution in [3.63, 3.8) is 0 Å². The van der Waals surface area contributed by atoms with Gasteiger partial charge >= 0.3 is 5.69 Å². The Morgan fingerprint density at radius 1 is 1.19 bits per heavy atom. The summed E-state index contributed by atoms with van der Waals surface area (Å²) in [5.41, 5.74) is 0.204. The zero-order valence-electron chi connectivity index (χ0n) is 11.2. The number of hydrogen-bond acceptors (Lipinski definition) is 4. The first-order valence-electron chi connectivity index (χ1n) is 6.19. The summed E-state index contributed by atoms with van der Waals surface area (Å²) in [6.07, 6.45) is -0.883. The molecular weight excluding hydrogens is 294 g/mol. The summed E-state index contributed by atoms with van der Waals surface area (Å²) >= 11 is 5.93. The molecule has 0 spiro atoms. The van der Waals surface area contributed by atoms with E-state index in [9.17, 15) is 14.9 Å². The van der Waals surface area contributed by atoms with Gasteiger partial charge in [0, 0.05) is 11.6 Å². The van der Waals surface area contributed by atoms with Crippen molar-refractivity contribution in [2.45, 2.75) is 13.0 Å². The third-order valence-electron chi connectivity index (χ3n) is 2.87. The van der Waals surface area contributed by atoms with Crippen molar-refractivity contribution < 1.29 is 14.5 Å². The van der Waals surface area contributed by atoms with Gasteiger partial charge in [-0.3, -0.25) is 14.9 Å². The summed E-state index contributed by atoms with van der Waals surface area (Å²) in [5.74, 6) is -0.370. The lowest BCUT2D eigenvalue weighted by atomic mass is 10.1. The number of Topliss-reactive ketones (excluding diaryl/α,β-unsaturated/α-hetero) is 1. The number of halogens is 1. The standard InChI is InChI=1S/C15H12ClNO4/c1-10(14(18)11-6-3-2-4-7-11)21-15-12(16)8-5-9-13(15)17(19)20/h2-10H,1H3. The van der Waals surface area contributed by atoms with Crippen molar-refractivity contribution in [2.24, 2.45) is 0 Å². The Hall–Kier alpha value is -2.40. The Morgan fingerprint density at radius 2 is 1.86 bits per heavy atom. The molecule has 6 heteroatoms. The lowest BCUT2D eigenvalue weighted by Crippen LogP contribution is -2.24. The molecule has 0 bridgehead atoms. The van der Waals surface area contributed by atoms with Gasteiger partial charge in [-0.1, -0.05) is 48.0 Å². The van der Waals surface area contributed by atoms with Crippen LogP contribution in [0.3, 0.4) is 0 Å². The third kappa shape index (κ3) is 3.38. The molecular formula is C15H12ClNO4. The van der Waals surface area contributed by atoms with Gasteiger partial charge in [-0.2, -0.15) is 0 Å². The molecule has 0 radical (unpaired) electrons. The predicted octanol–water partition coefficient (Wildman–Crippen LogP) is 3.90. The maximum absolute atomic E-state index is 12.2. The Balaban J connectivity index is 2.26. The monoisotopic (exact) mass is 305 g/mol. The van der Waals surface area contributed by atoms with E-state index in [-0.39, 0.29) is 22.2 Å². The van der Waals surface area contributed by atoms with E-state index in [1.165, 1.54) is 25.1 Å². The van der Waals surface area contributed by atoms with Crippen LogP contribution in [-0.2, 0) is 0 Å². The molecule has 0 N–H and O–H groups in total. The minimum Gasteiger partial charge on any atom is -0.474 e. The number of hydrogen-bond donors (Lipinski definition) is 0. The van der Waals surface area contributed by atoms with Gasteiger partial charge in [0.1, 0.15) is 0 Å². The molecule has 108 valence electrons. The van der Waals surface area contributed by atoms with Crippen LogP contribution in [0.25, 0.3) is 0 Å². The van der Waals surface area contributed by atoms with Crippen molar-refractivity contribution in [3.8, 4) is 5.75 Å². The molecule has 0 saturated carbocycles. The molecule has 0 amide bonds. The average molecular weight is 306 g/mol. The molecule has 0 aliphatic rings. The van der Waals surface area contributed by atoms with Crippen LogP contribution in [0.5, 0.6) is 5.75 Å². The lowest BCUT2D eigenvalue weighted by molar-refractivity contribution is -0.386. The second-order valence-corrected chi connectivity index (χ2v) is 4.74. The van der Waals surface area contributed by atoms with Crippen LogP contribution in [0.15, 0.2) is 48.5 Å². The fourth-order valence-corrected chi connectivity index (χ4v) is 2.04. The predicted molar refractivity (Wildman–Crippen MR) is 79.0 cm³/mol. The van der Waals surface area contributed by atoms with Gasteiger partial charge in [0.05, 0.1) is 9.95 Å². The van der Waals surface area contributed by atoms with E-state index < -0.39 is 11.0 Å². The fraction of sp³-hybridized carbons (Fsp3) is 0.133. The van der Waals surface area contributed by atoms with Crippen LogP contribution in [0.2, 0.25) is 5.02 Å². The number of para-hydroxylation sites is 1. The second kappa shape index (κ2) is 6.37. The molecule has 0 saturated heterocycles. The van der Waals surface area contributed by atoms with Crippen LogP contribution in [0, 0.1) is 10.1 Å². The van der Waals surface area contributed by atoms with Gasteiger partial charge < -0.3 is 4.74 Å². The number of ether oxygens (including phenoxy) is 1. The number of rotatable bonds is 5. The van der Waals surface area contributed by atoms with E-state index in [1.54, 1.807) is 30.3 Å². The van der Waals surface area contributed by atoms with E-state index in [1.807, 2.05) is 0 Å². The first-order chi connectivity index (χ1) is 10.0. The zero-order chi connectivity index (χ0) is 15.4. The Kier molecular flexibility index (Phi) is 4.55. The lowest BCUT2D eigenvalue weighted by Gasteiger charge is -2.14. The number of nitro groups is 1. The van der Waals surface area contributed by atoms with Gasteiger partial charge in [0.15, 0.2) is 6.10 Å². The van der Waals surface area contributed by atoms with E-state index in [0.717, 1.165) is 0 Å². The fourth-order valence-electron chi connectivity index (χ4n) is 1.83. The smallest absolute Gasteiger partial charge is 0.312 e. The molecule has 0 aromatic heterocycles. The topological polar surface area (TPSA) is 69.4 Å². The minimum atomic E-state index is -0.883. The molecule has 21 heavy (non-hydrogen) atoms. The van der Waals surface area contributed by atoms with Gasteiger partial charge in [-0.25, -0.2) is 0 Å². The molecule has 0 heterocycles. The normalized spacial score (nSPS) is 11.7. The Bertz CT molecular complexity index is 673. The number of nitro benzene ring substituents is 1. The average Bonchev–Trinajstić information content (AvgIpc) is 2.49. The van der Waals surface area contributed by atoms with Gasteiger partial charge in [-0.05, 0) is 13.0 Å². The maximum atomic E-state index is 12.2.